The van der Waals surface area contributed by atoms with Crippen LogP contribution in [-0.4, -0.2) is 17.1 Å². The third-order valence-electron chi connectivity index (χ3n) is 5.70. The maximum absolute atomic E-state index is 13.7. The lowest BCUT2D eigenvalue weighted by Crippen LogP contribution is -2.14. The Morgan fingerprint density at radius 1 is 0.938 bits per heavy atom. The topological polar surface area (TPSA) is 59.1 Å². The average Bonchev–Trinajstić information content (AvgIpc) is 2.80. The molecule has 3 aromatic rings. The van der Waals surface area contributed by atoms with Crippen molar-refractivity contribution in [3.05, 3.63) is 65.9 Å². The zero-order valence-electron chi connectivity index (χ0n) is 17.7. The van der Waals surface area contributed by atoms with E-state index in [1.165, 1.54) is 6.42 Å². The van der Waals surface area contributed by atoms with Crippen molar-refractivity contribution >= 4 is 23.1 Å². The van der Waals surface area contributed by atoms with E-state index >= 15 is 0 Å². The molecule has 1 fully saturated rings. The third-order valence-corrected chi connectivity index (χ3v) is 5.70. The molecule has 1 heterocycles. The molecular weight excluding hydrogens is 417 g/mol. The van der Waals surface area contributed by atoms with Gasteiger partial charge in [-0.05, 0) is 54.7 Å². The van der Waals surface area contributed by atoms with Crippen LogP contribution < -0.4 is 15.4 Å². The average molecular weight is 442 g/mol. The van der Waals surface area contributed by atoms with Gasteiger partial charge in [0.25, 0.3) is 0 Å². The van der Waals surface area contributed by atoms with Crippen LogP contribution in [0, 0.1) is 0 Å². The van der Waals surface area contributed by atoms with Gasteiger partial charge in [0.05, 0.1) is 7.11 Å². The normalized spacial score (nSPS) is 14.8. The van der Waals surface area contributed by atoms with Gasteiger partial charge in [-0.1, -0.05) is 37.5 Å². The Labute approximate surface area is 185 Å². The lowest BCUT2D eigenvalue weighted by Gasteiger charge is -2.25. The molecule has 5 nitrogen and oxygen atoms in total. The van der Waals surface area contributed by atoms with Gasteiger partial charge in [0.2, 0.25) is 5.95 Å². The summed E-state index contributed by atoms with van der Waals surface area (Å²) < 4.78 is 46.2. The number of ether oxygens (including phenoxy) is 1. The summed E-state index contributed by atoms with van der Waals surface area (Å²) in [5.74, 6) is 0.804. The van der Waals surface area contributed by atoms with Crippen LogP contribution in [0.4, 0.5) is 36.3 Å². The van der Waals surface area contributed by atoms with E-state index in [9.17, 15) is 13.2 Å². The van der Waals surface area contributed by atoms with Crippen LogP contribution in [0.5, 0.6) is 5.75 Å². The molecular formula is C24H25F3N4O. The lowest BCUT2D eigenvalue weighted by atomic mass is 9.83. The number of methoxy groups -OCH3 is 1. The van der Waals surface area contributed by atoms with E-state index in [-0.39, 0.29) is 11.8 Å². The number of alkyl halides is 3. The number of halogens is 3. The SMILES string of the molecule is COc1ccc(Nc2ncc(C(F)(F)F)c(Nc3ccccc3C3CCCCC3)n2)cc1. The molecule has 0 amide bonds. The molecule has 0 saturated heterocycles. The fraction of sp³-hybridized carbons (Fsp3) is 0.333. The minimum absolute atomic E-state index is 0.0702. The van der Waals surface area contributed by atoms with Gasteiger partial charge in [0.1, 0.15) is 17.1 Å². The summed E-state index contributed by atoms with van der Waals surface area (Å²) in [5, 5.41) is 5.91. The van der Waals surface area contributed by atoms with Crippen molar-refractivity contribution in [2.75, 3.05) is 17.7 Å². The molecule has 2 N–H and O–H groups in total. The zero-order valence-corrected chi connectivity index (χ0v) is 17.7. The fourth-order valence-electron chi connectivity index (χ4n) is 4.06. The van der Waals surface area contributed by atoms with E-state index in [0.717, 1.165) is 37.4 Å². The summed E-state index contributed by atoms with van der Waals surface area (Å²) in [6, 6.07) is 14.5. The first kappa shape index (κ1) is 21.9. The second-order valence-electron chi connectivity index (χ2n) is 7.85. The second kappa shape index (κ2) is 9.46. The Balaban J connectivity index is 1.65. The van der Waals surface area contributed by atoms with E-state index in [2.05, 4.69) is 20.6 Å². The molecule has 32 heavy (non-hydrogen) atoms. The van der Waals surface area contributed by atoms with Gasteiger partial charge in [-0.25, -0.2) is 4.98 Å². The molecule has 0 radical (unpaired) electrons. The van der Waals surface area contributed by atoms with E-state index in [1.54, 1.807) is 31.4 Å². The first-order valence-electron chi connectivity index (χ1n) is 10.7. The number of para-hydroxylation sites is 1. The van der Waals surface area contributed by atoms with Crippen molar-refractivity contribution < 1.29 is 17.9 Å². The lowest BCUT2D eigenvalue weighted by molar-refractivity contribution is -0.137. The standard InChI is InChI=1S/C24H25F3N4O/c1-32-18-13-11-17(12-14-18)29-23-28-15-20(24(25,26)27)22(31-23)30-21-10-6-5-9-19(21)16-7-3-2-4-8-16/h5-6,9-16H,2-4,7-8H2,1H3,(H2,28,29,30,31). The van der Waals surface area contributed by atoms with Crippen molar-refractivity contribution in [3.8, 4) is 5.75 Å². The molecule has 2 aromatic carbocycles. The van der Waals surface area contributed by atoms with Gasteiger partial charge in [0.15, 0.2) is 0 Å². The van der Waals surface area contributed by atoms with Crippen LogP contribution >= 0.6 is 0 Å². The minimum atomic E-state index is -4.58. The molecule has 4 rings (SSSR count). The molecule has 0 bridgehead atoms. The number of hydrogen-bond donors (Lipinski definition) is 2. The van der Waals surface area contributed by atoms with Crippen LogP contribution in [0.1, 0.15) is 49.1 Å². The van der Waals surface area contributed by atoms with E-state index < -0.39 is 11.7 Å². The highest BCUT2D eigenvalue weighted by molar-refractivity contribution is 5.66. The minimum Gasteiger partial charge on any atom is -0.497 e. The monoisotopic (exact) mass is 442 g/mol. The number of nitrogens with one attached hydrogen (secondary N) is 2. The van der Waals surface area contributed by atoms with Gasteiger partial charge in [-0.2, -0.15) is 18.2 Å². The maximum atomic E-state index is 13.7. The van der Waals surface area contributed by atoms with Gasteiger partial charge >= 0.3 is 6.18 Å². The van der Waals surface area contributed by atoms with E-state index in [4.69, 9.17) is 4.74 Å². The van der Waals surface area contributed by atoms with Crippen LogP contribution in [0.2, 0.25) is 0 Å². The zero-order chi connectivity index (χ0) is 22.6. The molecule has 0 spiro atoms. The molecule has 168 valence electrons. The van der Waals surface area contributed by atoms with Crippen molar-refractivity contribution in [2.24, 2.45) is 0 Å². The van der Waals surface area contributed by atoms with Crippen LogP contribution in [0.15, 0.2) is 54.7 Å². The molecule has 8 heteroatoms. The first-order chi connectivity index (χ1) is 15.4. The highest BCUT2D eigenvalue weighted by Gasteiger charge is 2.35. The second-order valence-corrected chi connectivity index (χ2v) is 7.85. The van der Waals surface area contributed by atoms with Crippen LogP contribution in [0.3, 0.4) is 0 Å². The molecule has 0 unspecified atom stereocenters. The van der Waals surface area contributed by atoms with Crippen LogP contribution in [0.25, 0.3) is 0 Å². The van der Waals surface area contributed by atoms with Gasteiger partial charge in [-0.3, -0.25) is 0 Å². The number of nitrogens with zero attached hydrogens (tertiary/aromatic N) is 2. The van der Waals surface area contributed by atoms with Gasteiger partial charge in [-0.15, -0.1) is 0 Å². The first-order valence-corrected chi connectivity index (χ1v) is 10.7. The Kier molecular flexibility index (Phi) is 6.48. The summed E-state index contributed by atoms with van der Waals surface area (Å²) in [7, 11) is 1.56. The Hall–Kier alpha value is -3.29. The number of anilines is 4. The summed E-state index contributed by atoms with van der Waals surface area (Å²) in [5.41, 5.74) is 1.41. The van der Waals surface area contributed by atoms with Gasteiger partial charge in [0, 0.05) is 17.6 Å². The Morgan fingerprint density at radius 2 is 1.66 bits per heavy atom. The predicted octanol–water partition coefficient (Wildman–Crippen LogP) is 7.04. The molecule has 0 atom stereocenters. The van der Waals surface area contributed by atoms with Crippen LogP contribution in [-0.2, 0) is 6.18 Å². The summed E-state index contributed by atoms with van der Waals surface area (Å²) in [6.07, 6.45) is 1.78. The molecule has 1 saturated carbocycles. The largest absolute Gasteiger partial charge is 0.497 e. The Morgan fingerprint density at radius 3 is 2.34 bits per heavy atom. The molecule has 1 aliphatic carbocycles. The number of benzene rings is 2. The third kappa shape index (κ3) is 5.12. The Bertz CT molecular complexity index is 1050. The van der Waals surface area contributed by atoms with Crippen molar-refractivity contribution in [2.45, 2.75) is 44.2 Å². The smallest absolute Gasteiger partial charge is 0.421 e. The summed E-state index contributed by atoms with van der Waals surface area (Å²) >= 11 is 0. The van der Waals surface area contributed by atoms with Crippen molar-refractivity contribution in [1.29, 1.82) is 0 Å². The van der Waals surface area contributed by atoms with Crippen molar-refractivity contribution in [1.82, 2.24) is 9.97 Å². The van der Waals surface area contributed by atoms with Gasteiger partial charge < -0.3 is 15.4 Å². The molecule has 1 aromatic heterocycles. The molecule has 1 aliphatic rings. The maximum Gasteiger partial charge on any atom is 0.421 e. The summed E-state index contributed by atoms with van der Waals surface area (Å²) in [6.45, 7) is 0. The number of hydrogen-bond acceptors (Lipinski definition) is 5. The van der Waals surface area contributed by atoms with E-state index in [0.29, 0.717) is 23.0 Å². The predicted molar refractivity (Wildman–Crippen MR) is 119 cm³/mol. The van der Waals surface area contributed by atoms with Crippen molar-refractivity contribution in [3.63, 3.8) is 0 Å². The fourth-order valence-corrected chi connectivity index (χ4v) is 4.06. The number of aromatic nitrogens is 2. The number of rotatable bonds is 6. The highest BCUT2D eigenvalue weighted by Crippen LogP contribution is 2.39. The summed E-state index contributed by atoms with van der Waals surface area (Å²) in [4.78, 5) is 8.06. The quantitative estimate of drug-likeness (QED) is 0.429. The molecule has 0 aliphatic heterocycles. The highest BCUT2D eigenvalue weighted by atomic mass is 19.4. The van der Waals surface area contributed by atoms with E-state index in [1.807, 2.05) is 24.3 Å².